The number of hydrogen-bond donors (Lipinski definition) is 2. The molecule has 0 saturated carbocycles. The zero-order chi connectivity index (χ0) is 44.9. The summed E-state index contributed by atoms with van der Waals surface area (Å²) in [6, 6.07) is 5.79. The Hall–Kier alpha value is -3.71. The Morgan fingerprint density at radius 2 is 1.44 bits per heavy atom. The highest BCUT2D eigenvalue weighted by Crippen LogP contribution is 2.51. The average molecular weight is 906 g/mol. The second kappa shape index (κ2) is 19.8. The Bertz CT molecular complexity index is 2400. The number of hydrogen-bond acceptors (Lipinski definition) is 11. The summed E-state index contributed by atoms with van der Waals surface area (Å²) in [4.78, 5) is 16.5. The highest BCUT2D eigenvalue weighted by atomic mass is 35.5. The monoisotopic (exact) mass is 904 g/mol. The lowest BCUT2D eigenvalue weighted by molar-refractivity contribution is -0.402. The molecule has 0 atom stereocenters. The average Bonchev–Trinajstić information content (AvgIpc) is 3.50. The third kappa shape index (κ3) is 11.3. The molecule has 0 spiro atoms. The fourth-order valence-electron chi connectivity index (χ4n) is 8.15. The van der Waals surface area contributed by atoms with Crippen LogP contribution in [0.4, 0.5) is 11.4 Å². The Kier molecular flexibility index (Phi) is 15.7. The maximum Gasteiger partial charge on any atom is 0.303 e. The Morgan fingerprint density at radius 3 is 2.07 bits per heavy atom. The lowest BCUT2D eigenvalue weighted by Crippen LogP contribution is -2.28. The van der Waals surface area contributed by atoms with Crippen molar-refractivity contribution in [3.05, 3.63) is 92.7 Å². The van der Waals surface area contributed by atoms with Gasteiger partial charge in [-0.1, -0.05) is 37.6 Å². The van der Waals surface area contributed by atoms with Gasteiger partial charge < -0.3 is 23.9 Å². The third-order valence-electron chi connectivity index (χ3n) is 11.3. The first kappa shape index (κ1) is 48.3. The second-order valence-corrected chi connectivity index (χ2v) is 19.7. The number of aliphatic carboxylic acids is 1. The largest absolute Gasteiger partial charge is 0.744 e. The minimum absolute atomic E-state index is 0.128. The number of carbonyl (C=O) groups is 1. The van der Waals surface area contributed by atoms with E-state index in [4.69, 9.17) is 35.8 Å². The van der Waals surface area contributed by atoms with Crippen LogP contribution < -0.4 is 5.06 Å². The van der Waals surface area contributed by atoms with Crippen LogP contribution in [0, 0.1) is 13.8 Å². The van der Waals surface area contributed by atoms with Gasteiger partial charge in [0.1, 0.15) is 17.2 Å². The van der Waals surface area contributed by atoms with Crippen LogP contribution in [-0.2, 0) is 54.9 Å². The van der Waals surface area contributed by atoms with Crippen LogP contribution in [0.25, 0.3) is 0 Å². The second-order valence-electron chi connectivity index (χ2n) is 16.5. The van der Waals surface area contributed by atoms with Crippen LogP contribution >= 0.6 is 11.6 Å². The Labute approximate surface area is 364 Å². The van der Waals surface area contributed by atoms with E-state index in [9.17, 15) is 30.7 Å². The quantitative estimate of drug-likeness (QED) is 0.0753. The lowest BCUT2D eigenvalue weighted by Gasteiger charge is -2.26. The molecule has 2 aliphatic heterocycles. The van der Waals surface area contributed by atoms with E-state index in [-0.39, 0.29) is 29.4 Å². The van der Waals surface area contributed by atoms with Crippen molar-refractivity contribution >= 4 is 54.9 Å². The number of hydroxylamine groups is 1. The first-order valence-corrected chi connectivity index (χ1v) is 23.5. The summed E-state index contributed by atoms with van der Waals surface area (Å²) in [5.74, 6) is -0.816. The van der Waals surface area contributed by atoms with Crippen molar-refractivity contribution in [1.29, 1.82) is 0 Å². The third-order valence-corrected chi connectivity index (χ3v) is 13.5. The minimum atomic E-state index is -4.64. The van der Waals surface area contributed by atoms with Crippen LogP contribution in [0.5, 0.6) is 0 Å². The number of anilines is 1. The molecule has 2 aromatic rings. The molecule has 2 aromatic carbocycles. The van der Waals surface area contributed by atoms with Gasteiger partial charge in [0.2, 0.25) is 5.69 Å². The molecule has 0 saturated heterocycles. The van der Waals surface area contributed by atoms with Crippen molar-refractivity contribution in [2.45, 2.75) is 101 Å². The summed E-state index contributed by atoms with van der Waals surface area (Å²) in [7, 11) is -7.20. The number of carboxylic acids is 1. The van der Waals surface area contributed by atoms with Crippen molar-refractivity contribution < 1.29 is 59.5 Å². The SMILES string of the molecule is Cc1cc(S(=O)(=O)O)cc2c1N(OCCOCCOCCOCCCCC(=O)O)/C(=C/C=C1\CCCC(/C=C/C3=[N+](C)c4c(C)cc(S(=O)(=O)[O-])cc4C3(C)C)=C1Cl)C2(C)C. The number of aryl methyl sites for hydroxylation is 2. The summed E-state index contributed by atoms with van der Waals surface area (Å²) >= 11 is 7.13. The molecule has 2 N–H and O–H groups in total. The molecule has 2 heterocycles. The maximum absolute atomic E-state index is 12.3. The zero-order valence-corrected chi connectivity index (χ0v) is 38.3. The molecule has 5 rings (SSSR count). The number of carboxylic acid groups (broad SMARTS) is 1. The van der Waals surface area contributed by atoms with Crippen molar-refractivity contribution in [3.63, 3.8) is 0 Å². The number of rotatable bonds is 20. The number of nitrogens with zero attached hydrogens (tertiary/aromatic N) is 2. The van der Waals surface area contributed by atoms with Crippen LogP contribution in [0.3, 0.4) is 0 Å². The van der Waals surface area contributed by atoms with Crippen molar-refractivity contribution in [3.8, 4) is 0 Å². The number of fused-ring (bicyclic) bond motifs is 2. The fourth-order valence-corrected chi connectivity index (χ4v) is 9.64. The number of ether oxygens (including phenoxy) is 3. The highest BCUT2D eigenvalue weighted by Gasteiger charge is 2.45. The normalized spacial score (nSPS) is 18.9. The van der Waals surface area contributed by atoms with E-state index in [1.807, 2.05) is 63.6 Å². The molecule has 14 nitrogen and oxygen atoms in total. The summed E-state index contributed by atoms with van der Waals surface area (Å²) in [6.45, 7) is 13.8. The first-order chi connectivity index (χ1) is 28.6. The molecule has 334 valence electrons. The van der Waals surface area contributed by atoms with Gasteiger partial charge in [0.15, 0.2) is 5.71 Å². The highest BCUT2D eigenvalue weighted by molar-refractivity contribution is 7.86. The van der Waals surface area contributed by atoms with E-state index < -0.39 is 37.0 Å². The van der Waals surface area contributed by atoms with E-state index >= 15 is 0 Å². The van der Waals surface area contributed by atoms with Gasteiger partial charge in [-0.2, -0.15) is 13.0 Å². The molecule has 0 fully saturated rings. The van der Waals surface area contributed by atoms with E-state index in [0.717, 1.165) is 46.6 Å². The number of benzene rings is 2. The smallest absolute Gasteiger partial charge is 0.303 e. The summed E-state index contributed by atoms with van der Waals surface area (Å²) in [5, 5.41) is 11.0. The van der Waals surface area contributed by atoms with E-state index in [0.29, 0.717) is 79.7 Å². The van der Waals surface area contributed by atoms with Crippen molar-refractivity contribution in [2.24, 2.45) is 0 Å². The molecule has 61 heavy (non-hydrogen) atoms. The predicted molar refractivity (Wildman–Crippen MR) is 231 cm³/mol. The molecule has 1 aliphatic carbocycles. The van der Waals surface area contributed by atoms with Gasteiger partial charge in [-0.3, -0.25) is 14.2 Å². The molecule has 0 bridgehead atoms. The number of unbranched alkanes of at least 4 members (excludes halogenated alkanes) is 1. The molecule has 17 heteroatoms. The van der Waals surface area contributed by atoms with E-state index in [1.165, 1.54) is 24.3 Å². The van der Waals surface area contributed by atoms with Crippen LogP contribution in [0.1, 0.15) is 88.5 Å². The molecule has 0 unspecified atom stereocenters. The summed E-state index contributed by atoms with van der Waals surface area (Å²) < 4.78 is 89.2. The molecule has 3 aliphatic rings. The molecule has 0 aromatic heterocycles. The van der Waals surface area contributed by atoms with Gasteiger partial charge in [0, 0.05) is 40.7 Å². The lowest BCUT2D eigenvalue weighted by atomic mass is 9.80. The Balaban J connectivity index is 1.32. The number of allylic oxidation sites excluding steroid dienone is 8. The van der Waals surface area contributed by atoms with Crippen molar-refractivity contribution in [1.82, 2.24) is 0 Å². The van der Waals surface area contributed by atoms with Gasteiger partial charge in [-0.15, -0.1) is 0 Å². The predicted octanol–water partition coefficient (Wildman–Crippen LogP) is 7.54. The van der Waals surface area contributed by atoms with Gasteiger partial charge in [0.05, 0.1) is 66.2 Å². The van der Waals surface area contributed by atoms with Crippen LogP contribution in [-0.4, -0.2) is 101 Å². The van der Waals surface area contributed by atoms with Gasteiger partial charge in [-0.05, 0) is 112 Å². The fraction of sp³-hybridized carbons (Fsp3) is 0.500. The molecular formula is C44H57ClN2O12S2. The van der Waals surface area contributed by atoms with Gasteiger partial charge in [0.25, 0.3) is 10.1 Å². The zero-order valence-electron chi connectivity index (χ0n) is 35.9. The molecule has 0 amide bonds. The first-order valence-electron chi connectivity index (χ1n) is 20.3. The van der Waals surface area contributed by atoms with Gasteiger partial charge in [-0.25, -0.2) is 13.5 Å². The van der Waals surface area contributed by atoms with Crippen LogP contribution in [0.15, 0.2) is 80.2 Å². The van der Waals surface area contributed by atoms with Gasteiger partial charge >= 0.3 is 5.97 Å². The van der Waals surface area contributed by atoms with Crippen molar-refractivity contribution in [2.75, 3.05) is 58.4 Å². The molecule has 0 radical (unpaired) electrons. The van der Waals surface area contributed by atoms with E-state index in [1.54, 1.807) is 18.9 Å². The minimum Gasteiger partial charge on any atom is -0.744 e. The summed E-state index contributed by atoms with van der Waals surface area (Å²) in [5.41, 5.74) is 6.36. The van der Waals surface area contributed by atoms with E-state index in [2.05, 4.69) is 0 Å². The number of halogens is 1. The topological polar surface area (TPSA) is 192 Å². The maximum atomic E-state index is 12.3. The Morgan fingerprint density at radius 1 is 0.836 bits per heavy atom. The summed E-state index contributed by atoms with van der Waals surface area (Å²) in [6.07, 6.45) is 11.6. The molecular weight excluding hydrogens is 848 g/mol. The van der Waals surface area contributed by atoms with Crippen LogP contribution in [0.2, 0.25) is 0 Å². The standard InChI is InChI=1S/C44H57ClN2O12S2/c1-29-25-33(60(50,51)52)27-35-41(29)46(7)37(43(35,3)4)16-14-31-11-10-12-32(40(31)45)15-17-38-44(5,6)36-28-34(61(53,54)55)26-30(2)42(36)47(38)59-24-23-58-22-21-57-20-19-56-18-9-8-13-39(48)49/h14-17,25-28H,8-13,18-24H2,1-7H3,(H2-,48,49,50,51,52,53,54,55).